The molecule has 0 aliphatic carbocycles. The largest absolute Gasteiger partial charge is 0.366 e. The fourth-order valence-corrected chi connectivity index (χ4v) is 1.08. The van der Waals surface area contributed by atoms with Gasteiger partial charge in [-0.2, -0.15) is 0 Å². The first kappa shape index (κ1) is 9.81. The first-order valence-electron chi connectivity index (χ1n) is 3.83. The number of carbonyl (C=O) groups excluding carboxylic acids is 1. The Morgan fingerprint density at radius 1 is 1.54 bits per heavy atom. The molecule has 0 aliphatic rings. The van der Waals surface area contributed by atoms with E-state index in [-0.39, 0.29) is 0 Å². The van der Waals surface area contributed by atoms with Crippen LogP contribution in [0.4, 0.5) is 0 Å². The standard InChI is InChI=1S/C10H10ClNO/c1-7-2-3-8(6-9(7)11)4-5-10(12)13/h2-6H,1H3,(H2,12,13)/b5-4-. The molecule has 0 saturated carbocycles. The van der Waals surface area contributed by atoms with Crippen LogP contribution in [-0.2, 0) is 4.79 Å². The second-order valence-corrected chi connectivity index (χ2v) is 3.15. The van der Waals surface area contributed by atoms with Gasteiger partial charge in [0, 0.05) is 11.1 Å². The average Bonchev–Trinajstić information content (AvgIpc) is 2.07. The fraction of sp³-hybridized carbons (Fsp3) is 0.100. The Balaban J connectivity index is 2.92. The third-order valence-electron chi connectivity index (χ3n) is 1.64. The molecule has 0 unspecified atom stereocenters. The van der Waals surface area contributed by atoms with Crippen molar-refractivity contribution < 1.29 is 4.79 Å². The van der Waals surface area contributed by atoms with E-state index in [0.29, 0.717) is 5.02 Å². The van der Waals surface area contributed by atoms with E-state index in [0.717, 1.165) is 11.1 Å². The molecule has 1 amide bonds. The van der Waals surface area contributed by atoms with Gasteiger partial charge in [0.1, 0.15) is 0 Å². The highest BCUT2D eigenvalue weighted by Crippen LogP contribution is 2.17. The molecule has 0 atom stereocenters. The monoisotopic (exact) mass is 195 g/mol. The van der Waals surface area contributed by atoms with E-state index in [9.17, 15) is 4.79 Å². The summed E-state index contributed by atoms with van der Waals surface area (Å²) in [6.45, 7) is 1.92. The second kappa shape index (κ2) is 4.10. The summed E-state index contributed by atoms with van der Waals surface area (Å²) in [7, 11) is 0. The summed E-state index contributed by atoms with van der Waals surface area (Å²) in [6.07, 6.45) is 2.94. The molecule has 0 bridgehead atoms. The van der Waals surface area contributed by atoms with Crippen LogP contribution in [-0.4, -0.2) is 5.91 Å². The smallest absolute Gasteiger partial charge is 0.241 e. The van der Waals surface area contributed by atoms with Crippen LogP contribution >= 0.6 is 11.6 Å². The summed E-state index contributed by atoms with van der Waals surface area (Å²) in [4.78, 5) is 10.4. The predicted molar refractivity (Wildman–Crippen MR) is 54.4 cm³/mol. The van der Waals surface area contributed by atoms with Crippen LogP contribution < -0.4 is 5.73 Å². The molecular formula is C10H10ClNO. The Hall–Kier alpha value is -1.28. The zero-order chi connectivity index (χ0) is 9.84. The Morgan fingerprint density at radius 2 is 2.23 bits per heavy atom. The van der Waals surface area contributed by atoms with Gasteiger partial charge in [-0.1, -0.05) is 23.7 Å². The summed E-state index contributed by atoms with van der Waals surface area (Å²) in [6, 6.07) is 5.56. The van der Waals surface area contributed by atoms with E-state index < -0.39 is 5.91 Å². The predicted octanol–water partition coefficient (Wildman–Crippen LogP) is 2.15. The molecular weight excluding hydrogens is 186 g/mol. The zero-order valence-electron chi connectivity index (χ0n) is 7.25. The van der Waals surface area contributed by atoms with E-state index in [2.05, 4.69) is 0 Å². The maximum atomic E-state index is 10.4. The van der Waals surface area contributed by atoms with Gasteiger partial charge in [0.05, 0.1) is 0 Å². The van der Waals surface area contributed by atoms with Gasteiger partial charge in [-0.25, -0.2) is 0 Å². The molecule has 0 radical (unpaired) electrons. The van der Waals surface area contributed by atoms with Crippen molar-refractivity contribution >= 4 is 23.6 Å². The van der Waals surface area contributed by atoms with Crippen LogP contribution in [0.15, 0.2) is 24.3 Å². The summed E-state index contributed by atoms with van der Waals surface area (Å²) in [5, 5.41) is 0.687. The molecule has 0 heterocycles. The van der Waals surface area contributed by atoms with Crippen LogP contribution in [0.25, 0.3) is 6.08 Å². The van der Waals surface area contributed by atoms with E-state index in [4.69, 9.17) is 17.3 Å². The van der Waals surface area contributed by atoms with E-state index >= 15 is 0 Å². The van der Waals surface area contributed by atoms with Gasteiger partial charge < -0.3 is 5.73 Å². The lowest BCUT2D eigenvalue weighted by atomic mass is 10.1. The fourth-order valence-electron chi connectivity index (χ4n) is 0.891. The Morgan fingerprint density at radius 3 is 2.77 bits per heavy atom. The quantitative estimate of drug-likeness (QED) is 0.722. The molecule has 1 aromatic rings. The summed E-state index contributed by atoms with van der Waals surface area (Å²) in [5.41, 5.74) is 6.83. The highest BCUT2D eigenvalue weighted by Gasteiger charge is 1.94. The minimum atomic E-state index is -0.461. The summed E-state index contributed by atoms with van der Waals surface area (Å²) < 4.78 is 0. The molecule has 0 aromatic heterocycles. The first-order chi connectivity index (χ1) is 6.09. The topological polar surface area (TPSA) is 43.1 Å². The minimum absolute atomic E-state index is 0.461. The van der Waals surface area contributed by atoms with Gasteiger partial charge in [0.25, 0.3) is 0 Å². The van der Waals surface area contributed by atoms with Gasteiger partial charge in [0.15, 0.2) is 0 Å². The number of primary amides is 1. The minimum Gasteiger partial charge on any atom is -0.366 e. The van der Waals surface area contributed by atoms with E-state index in [1.165, 1.54) is 6.08 Å². The van der Waals surface area contributed by atoms with Crippen molar-refractivity contribution in [1.82, 2.24) is 0 Å². The number of hydrogen-bond acceptors (Lipinski definition) is 1. The van der Waals surface area contributed by atoms with Crippen LogP contribution in [0.5, 0.6) is 0 Å². The van der Waals surface area contributed by atoms with E-state index in [1.54, 1.807) is 12.1 Å². The molecule has 0 fully saturated rings. The molecule has 2 N–H and O–H groups in total. The van der Waals surface area contributed by atoms with Crippen molar-refractivity contribution in [2.75, 3.05) is 0 Å². The highest BCUT2D eigenvalue weighted by molar-refractivity contribution is 6.31. The van der Waals surface area contributed by atoms with Gasteiger partial charge in [-0.05, 0) is 30.2 Å². The van der Waals surface area contributed by atoms with Crippen molar-refractivity contribution in [2.24, 2.45) is 5.73 Å². The van der Waals surface area contributed by atoms with Crippen molar-refractivity contribution in [3.8, 4) is 0 Å². The van der Waals surface area contributed by atoms with Crippen LogP contribution in [0.1, 0.15) is 11.1 Å². The van der Waals surface area contributed by atoms with Crippen molar-refractivity contribution in [2.45, 2.75) is 6.92 Å². The molecule has 0 spiro atoms. The number of carbonyl (C=O) groups is 1. The number of rotatable bonds is 2. The van der Waals surface area contributed by atoms with Crippen molar-refractivity contribution in [1.29, 1.82) is 0 Å². The molecule has 13 heavy (non-hydrogen) atoms. The maximum Gasteiger partial charge on any atom is 0.241 e. The number of aryl methyl sites for hydroxylation is 1. The highest BCUT2D eigenvalue weighted by atomic mass is 35.5. The molecule has 0 saturated heterocycles. The normalized spacial score (nSPS) is 10.6. The zero-order valence-corrected chi connectivity index (χ0v) is 8.01. The van der Waals surface area contributed by atoms with Gasteiger partial charge in [-0.15, -0.1) is 0 Å². The van der Waals surface area contributed by atoms with Gasteiger partial charge in [-0.3, -0.25) is 4.79 Å². The molecule has 68 valence electrons. The lowest BCUT2D eigenvalue weighted by Crippen LogP contribution is -2.05. The van der Waals surface area contributed by atoms with Gasteiger partial charge >= 0.3 is 0 Å². The van der Waals surface area contributed by atoms with Crippen LogP contribution in [0.3, 0.4) is 0 Å². The third-order valence-corrected chi connectivity index (χ3v) is 2.04. The third kappa shape index (κ3) is 2.92. The number of halogens is 1. The number of nitrogens with two attached hydrogens (primary N) is 1. The molecule has 0 aliphatic heterocycles. The van der Waals surface area contributed by atoms with Crippen molar-refractivity contribution in [3.63, 3.8) is 0 Å². The van der Waals surface area contributed by atoms with E-state index in [1.807, 2.05) is 19.1 Å². The number of amides is 1. The summed E-state index contributed by atoms with van der Waals surface area (Å²) in [5.74, 6) is -0.461. The summed E-state index contributed by atoms with van der Waals surface area (Å²) >= 11 is 5.88. The molecule has 1 rings (SSSR count). The maximum absolute atomic E-state index is 10.4. The number of benzene rings is 1. The lowest BCUT2D eigenvalue weighted by molar-refractivity contribution is -0.113. The molecule has 1 aromatic carbocycles. The SMILES string of the molecule is Cc1ccc(/C=C\C(N)=O)cc1Cl. The average molecular weight is 196 g/mol. The Labute approximate surface area is 82.0 Å². The van der Waals surface area contributed by atoms with Crippen LogP contribution in [0, 0.1) is 6.92 Å². The first-order valence-corrected chi connectivity index (χ1v) is 4.21. The lowest BCUT2D eigenvalue weighted by Gasteiger charge is -1.98. The van der Waals surface area contributed by atoms with Crippen molar-refractivity contribution in [3.05, 3.63) is 40.4 Å². The van der Waals surface area contributed by atoms with Gasteiger partial charge in [0.2, 0.25) is 5.91 Å². The Bertz CT molecular complexity index is 358. The molecule has 2 nitrogen and oxygen atoms in total. The second-order valence-electron chi connectivity index (χ2n) is 2.74. The Kier molecular flexibility index (Phi) is 3.09. The molecule has 3 heteroatoms. The van der Waals surface area contributed by atoms with Crippen LogP contribution in [0.2, 0.25) is 5.02 Å². The number of hydrogen-bond donors (Lipinski definition) is 1.